The van der Waals surface area contributed by atoms with Gasteiger partial charge in [0.25, 0.3) is 0 Å². The largest absolute Gasteiger partial charge is 0.339 e. The van der Waals surface area contributed by atoms with Gasteiger partial charge in [0.1, 0.15) is 0 Å². The number of hydrogen-bond acceptors (Lipinski definition) is 1. The van der Waals surface area contributed by atoms with Crippen LogP contribution in [-0.2, 0) is 6.54 Å². The monoisotopic (exact) mass is 214 g/mol. The van der Waals surface area contributed by atoms with Crippen LogP contribution in [0.2, 0.25) is 0 Å². The van der Waals surface area contributed by atoms with Crippen molar-refractivity contribution in [3.8, 4) is 0 Å². The first-order chi connectivity index (χ1) is 7.70. The van der Waals surface area contributed by atoms with E-state index in [9.17, 15) is 0 Å². The third kappa shape index (κ3) is 1.17. The Morgan fingerprint density at radius 3 is 2.94 bits per heavy atom. The number of nitrogens with zero attached hydrogens (tertiary/aromatic N) is 1. The maximum atomic E-state index is 3.49. The third-order valence-corrected chi connectivity index (χ3v) is 3.78. The van der Waals surface area contributed by atoms with Crippen molar-refractivity contribution in [2.75, 3.05) is 6.54 Å². The summed E-state index contributed by atoms with van der Waals surface area (Å²) in [5.74, 6) is 0. The van der Waals surface area contributed by atoms with Crippen molar-refractivity contribution in [2.24, 2.45) is 0 Å². The lowest BCUT2D eigenvalue weighted by Gasteiger charge is -2.25. The minimum atomic E-state index is 0.557. The number of aryl methyl sites for hydroxylation is 2. The molecule has 2 heteroatoms. The zero-order chi connectivity index (χ0) is 11.3. The van der Waals surface area contributed by atoms with E-state index >= 15 is 0 Å². The Balaban J connectivity index is 2.45. The van der Waals surface area contributed by atoms with Crippen molar-refractivity contribution in [3.63, 3.8) is 0 Å². The minimum Gasteiger partial charge on any atom is -0.339 e. The molecule has 1 aliphatic heterocycles. The van der Waals surface area contributed by atoms with Gasteiger partial charge in [-0.1, -0.05) is 18.2 Å². The van der Waals surface area contributed by atoms with Gasteiger partial charge in [0.05, 0.1) is 5.52 Å². The second-order valence-electron chi connectivity index (χ2n) is 4.89. The van der Waals surface area contributed by atoms with E-state index in [1.165, 1.54) is 27.7 Å². The molecule has 0 bridgehead atoms. The molecule has 1 aromatic carbocycles. The van der Waals surface area contributed by atoms with Crippen molar-refractivity contribution < 1.29 is 0 Å². The summed E-state index contributed by atoms with van der Waals surface area (Å²) in [6, 6.07) is 7.18. The molecule has 1 N–H and O–H groups in total. The maximum Gasteiger partial charge on any atom is 0.0518 e. The fourth-order valence-corrected chi connectivity index (χ4v) is 2.95. The second-order valence-corrected chi connectivity index (χ2v) is 4.89. The quantitative estimate of drug-likeness (QED) is 0.713. The molecule has 2 aromatic rings. The molecule has 1 atom stereocenters. The van der Waals surface area contributed by atoms with Crippen LogP contribution in [0.3, 0.4) is 0 Å². The highest BCUT2D eigenvalue weighted by Gasteiger charge is 2.21. The van der Waals surface area contributed by atoms with Crippen LogP contribution in [0.15, 0.2) is 18.2 Å². The standard InChI is InChI=1S/C14H18N2/c1-9-5-4-6-12-11(3)13-8-15-7-10(2)16(13)14(9)12/h4-6,10,15H,7-8H2,1-3H3. The number of fused-ring (bicyclic) bond motifs is 3. The van der Waals surface area contributed by atoms with Gasteiger partial charge < -0.3 is 9.88 Å². The molecule has 0 saturated heterocycles. The van der Waals surface area contributed by atoms with Crippen molar-refractivity contribution >= 4 is 10.9 Å². The van der Waals surface area contributed by atoms with E-state index in [0.29, 0.717) is 6.04 Å². The summed E-state index contributed by atoms with van der Waals surface area (Å²) in [4.78, 5) is 0. The zero-order valence-electron chi connectivity index (χ0n) is 10.2. The molecule has 1 aromatic heterocycles. The summed E-state index contributed by atoms with van der Waals surface area (Å²) in [7, 11) is 0. The number of nitrogens with one attached hydrogen (secondary N) is 1. The van der Waals surface area contributed by atoms with E-state index in [2.05, 4.69) is 48.9 Å². The predicted molar refractivity (Wildman–Crippen MR) is 67.8 cm³/mol. The van der Waals surface area contributed by atoms with Gasteiger partial charge in [-0.15, -0.1) is 0 Å². The lowest BCUT2D eigenvalue weighted by Crippen LogP contribution is -2.31. The topological polar surface area (TPSA) is 17.0 Å². The van der Waals surface area contributed by atoms with Gasteiger partial charge in [-0.3, -0.25) is 0 Å². The molecule has 16 heavy (non-hydrogen) atoms. The number of hydrogen-bond donors (Lipinski definition) is 1. The molecule has 1 aliphatic rings. The summed E-state index contributed by atoms with van der Waals surface area (Å²) in [5, 5.41) is 4.91. The first-order valence-corrected chi connectivity index (χ1v) is 6.00. The molecule has 2 nitrogen and oxygen atoms in total. The van der Waals surface area contributed by atoms with Crippen LogP contribution in [0, 0.1) is 13.8 Å². The van der Waals surface area contributed by atoms with E-state index in [-0.39, 0.29) is 0 Å². The molecule has 84 valence electrons. The Kier molecular flexibility index (Phi) is 2.08. The highest BCUT2D eigenvalue weighted by molar-refractivity contribution is 5.88. The van der Waals surface area contributed by atoms with E-state index in [1.54, 1.807) is 0 Å². The fourth-order valence-electron chi connectivity index (χ4n) is 2.95. The zero-order valence-corrected chi connectivity index (χ0v) is 10.2. The fraction of sp³-hybridized carbons (Fsp3) is 0.429. The van der Waals surface area contributed by atoms with Gasteiger partial charge in [-0.2, -0.15) is 0 Å². The molecule has 0 radical (unpaired) electrons. The lowest BCUT2D eigenvalue weighted by atomic mass is 10.1. The van der Waals surface area contributed by atoms with Crippen LogP contribution < -0.4 is 5.32 Å². The molecule has 0 saturated carbocycles. The highest BCUT2D eigenvalue weighted by Crippen LogP contribution is 2.32. The number of para-hydroxylation sites is 1. The van der Waals surface area contributed by atoms with E-state index in [1.807, 2.05) is 0 Å². The minimum absolute atomic E-state index is 0.557. The lowest BCUT2D eigenvalue weighted by molar-refractivity contribution is 0.437. The summed E-state index contributed by atoms with van der Waals surface area (Å²) in [6.45, 7) is 8.83. The SMILES string of the molecule is Cc1c2n(c3c(C)cccc13)C(C)CNC2. The first kappa shape index (κ1) is 9.91. The predicted octanol–water partition coefficient (Wildman–Crippen LogP) is 2.92. The molecule has 1 unspecified atom stereocenters. The van der Waals surface area contributed by atoms with Crippen LogP contribution in [0.25, 0.3) is 10.9 Å². The molecular formula is C14H18N2. The average Bonchev–Trinajstić information content (AvgIpc) is 2.56. The smallest absolute Gasteiger partial charge is 0.0518 e. The third-order valence-electron chi connectivity index (χ3n) is 3.78. The molecule has 0 fully saturated rings. The first-order valence-electron chi connectivity index (χ1n) is 6.00. The normalized spacial score (nSPS) is 20.1. The summed E-state index contributed by atoms with van der Waals surface area (Å²) in [5.41, 5.74) is 5.73. The van der Waals surface area contributed by atoms with Crippen LogP contribution in [-0.4, -0.2) is 11.1 Å². The van der Waals surface area contributed by atoms with Crippen LogP contribution in [0.1, 0.15) is 29.8 Å². The molecule has 0 aliphatic carbocycles. The summed E-state index contributed by atoms with van der Waals surface area (Å²) in [6.07, 6.45) is 0. The van der Waals surface area contributed by atoms with E-state index < -0.39 is 0 Å². The van der Waals surface area contributed by atoms with E-state index in [4.69, 9.17) is 0 Å². The Hall–Kier alpha value is -1.28. The molecular weight excluding hydrogens is 196 g/mol. The van der Waals surface area contributed by atoms with Crippen molar-refractivity contribution in [1.82, 2.24) is 9.88 Å². The Labute approximate surface area is 96.3 Å². The molecule has 2 heterocycles. The van der Waals surface area contributed by atoms with Gasteiger partial charge >= 0.3 is 0 Å². The highest BCUT2D eigenvalue weighted by atomic mass is 15.1. The van der Waals surface area contributed by atoms with Gasteiger partial charge in [-0.05, 0) is 31.9 Å². The van der Waals surface area contributed by atoms with Gasteiger partial charge in [0.2, 0.25) is 0 Å². The maximum absolute atomic E-state index is 3.49. The van der Waals surface area contributed by atoms with E-state index in [0.717, 1.165) is 13.1 Å². The van der Waals surface area contributed by atoms with Crippen LogP contribution >= 0.6 is 0 Å². The Morgan fingerprint density at radius 2 is 2.12 bits per heavy atom. The van der Waals surface area contributed by atoms with Crippen molar-refractivity contribution in [3.05, 3.63) is 35.0 Å². The molecule has 3 rings (SSSR count). The summed E-state index contributed by atoms with van der Waals surface area (Å²) < 4.78 is 2.52. The van der Waals surface area contributed by atoms with Gasteiger partial charge in [0, 0.05) is 30.2 Å². The number of aromatic nitrogens is 1. The average molecular weight is 214 g/mol. The van der Waals surface area contributed by atoms with Crippen LogP contribution in [0.4, 0.5) is 0 Å². The molecule has 0 spiro atoms. The van der Waals surface area contributed by atoms with Crippen LogP contribution in [0.5, 0.6) is 0 Å². The summed E-state index contributed by atoms with van der Waals surface area (Å²) >= 11 is 0. The number of benzene rings is 1. The van der Waals surface area contributed by atoms with Gasteiger partial charge in [-0.25, -0.2) is 0 Å². The second kappa shape index (κ2) is 3.36. The molecule has 0 amide bonds. The van der Waals surface area contributed by atoms with Crippen molar-refractivity contribution in [1.29, 1.82) is 0 Å². The Bertz CT molecular complexity index is 551. The van der Waals surface area contributed by atoms with Crippen molar-refractivity contribution in [2.45, 2.75) is 33.4 Å². The Morgan fingerprint density at radius 1 is 1.31 bits per heavy atom. The number of rotatable bonds is 0. The van der Waals surface area contributed by atoms with Gasteiger partial charge in [0.15, 0.2) is 0 Å².